The molecule has 0 radical (unpaired) electrons. The normalized spacial score (nSPS) is 12.2. The molecule has 0 saturated carbocycles. The van der Waals surface area contributed by atoms with E-state index in [0.29, 0.717) is 16.3 Å². The fourth-order valence-electron chi connectivity index (χ4n) is 2.04. The Morgan fingerprint density at radius 3 is 2.40 bits per heavy atom. The van der Waals surface area contributed by atoms with E-state index in [1.54, 1.807) is 18.2 Å². The molecule has 0 aliphatic rings. The van der Waals surface area contributed by atoms with Crippen LogP contribution in [0, 0.1) is 11.6 Å². The summed E-state index contributed by atoms with van der Waals surface area (Å²) in [5.74, 6) is 4.48. The van der Waals surface area contributed by atoms with E-state index in [2.05, 4.69) is 5.43 Å². The third-order valence-electron chi connectivity index (χ3n) is 2.96. The monoisotopic (exact) mass is 298 g/mol. The molecule has 2 aromatic rings. The van der Waals surface area contributed by atoms with Gasteiger partial charge in [-0.3, -0.25) is 5.84 Å². The first-order valence-corrected chi connectivity index (χ1v) is 6.19. The third-order valence-corrected chi connectivity index (χ3v) is 3.20. The van der Waals surface area contributed by atoms with Crippen molar-refractivity contribution in [3.63, 3.8) is 0 Å². The van der Waals surface area contributed by atoms with Crippen molar-refractivity contribution in [2.75, 3.05) is 7.11 Å². The number of ether oxygens (including phenoxy) is 1. The van der Waals surface area contributed by atoms with E-state index in [1.807, 2.05) is 0 Å². The van der Waals surface area contributed by atoms with Crippen LogP contribution in [-0.4, -0.2) is 7.11 Å². The lowest BCUT2D eigenvalue weighted by molar-refractivity contribution is 0.401. The van der Waals surface area contributed by atoms with E-state index >= 15 is 0 Å². The quantitative estimate of drug-likeness (QED) is 0.673. The van der Waals surface area contributed by atoms with Gasteiger partial charge >= 0.3 is 0 Å². The molecule has 1 unspecified atom stereocenters. The van der Waals surface area contributed by atoms with Gasteiger partial charge in [0.25, 0.3) is 0 Å². The topological polar surface area (TPSA) is 47.3 Å². The molecule has 1 atom stereocenters. The minimum absolute atomic E-state index is 0.171. The zero-order chi connectivity index (χ0) is 14.7. The number of benzene rings is 2. The third kappa shape index (κ3) is 2.75. The molecule has 0 heterocycles. The Labute approximate surface area is 120 Å². The number of hydrogen-bond acceptors (Lipinski definition) is 3. The van der Waals surface area contributed by atoms with Crippen LogP contribution in [0.1, 0.15) is 17.2 Å². The zero-order valence-corrected chi connectivity index (χ0v) is 11.4. The number of hydrazine groups is 1. The van der Waals surface area contributed by atoms with Crippen molar-refractivity contribution in [1.29, 1.82) is 0 Å². The van der Waals surface area contributed by atoms with Crippen molar-refractivity contribution in [2.24, 2.45) is 5.84 Å². The number of halogens is 3. The Kier molecular flexibility index (Phi) is 4.54. The van der Waals surface area contributed by atoms with Gasteiger partial charge in [-0.25, -0.2) is 14.2 Å². The first kappa shape index (κ1) is 14.7. The Balaban J connectivity index is 2.58. The molecule has 6 heteroatoms. The van der Waals surface area contributed by atoms with Crippen LogP contribution in [-0.2, 0) is 0 Å². The average molecular weight is 299 g/mol. The van der Waals surface area contributed by atoms with E-state index in [-0.39, 0.29) is 5.56 Å². The predicted octanol–water partition coefficient (Wildman–Crippen LogP) is 3.18. The molecule has 0 saturated heterocycles. The molecule has 20 heavy (non-hydrogen) atoms. The van der Waals surface area contributed by atoms with Gasteiger partial charge in [0.15, 0.2) is 0 Å². The molecule has 0 amide bonds. The van der Waals surface area contributed by atoms with E-state index in [9.17, 15) is 8.78 Å². The molecule has 0 spiro atoms. The van der Waals surface area contributed by atoms with Crippen LogP contribution < -0.4 is 16.0 Å². The minimum atomic E-state index is -0.886. The summed E-state index contributed by atoms with van der Waals surface area (Å²) in [5.41, 5.74) is 2.73. The maximum absolute atomic E-state index is 13.9. The molecule has 0 bridgehead atoms. The standard InChI is InChI=1S/C14H13ClF2N2O/c1-20-12-7-8(15)5-6-9(12)14(19-18)13-10(16)3-2-4-11(13)17/h2-7,14,19H,18H2,1H3. The molecule has 0 aromatic heterocycles. The van der Waals surface area contributed by atoms with Crippen molar-refractivity contribution in [3.8, 4) is 5.75 Å². The second kappa shape index (κ2) is 6.17. The maximum Gasteiger partial charge on any atom is 0.131 e. The summed E-state index contributed by atoms with van der Waals surface area (Å²) in [6, 6.07) is 7.51. The van der Waals surface area contributed by atoms with Gasteiger partial charge in [0, 0.05) is 16.1 Å². The fraction of sp³-hybridized carbons (Fsp3) is 0.143. The molecule has 0 aliphatic heterocycles. The minimum Gasteiger partial charge on any atom is -0.496 e. The highest BCUT2D eigenvalue weighted by atomic mass is 35.5. The number of nitrogens with two attached hydrogens (primary N) is 1. The Morgan fingerprint density at radius 1 is 1.20 bits per heavy atom. The van der Waals surface area contributed by atoms with E-state index in [4.69, 9.17) is 22.2 Å². The fourth-order valence-corrected chi connectivity index (χ4v) is 2.20. The lowest BCUT2D eigenvalue weighted by Crippen LogP contribution is -2.30. The molecule has 0 fully saturated rings. The van der Waals surface area contributed by atoms with Gasteiger partial charge in [0.1, 0.15) is 17.4 Å². The van der Waals surface area contributed by atoms with Crippen LogP contribution in [0.2, 0.25) is 5.02 Å². The summed E-state index contributed by atoms with van der Waals surface area (Å²) in [6.45, 7) is 0. The van der Waals surface area contributed by atoms with Crippen LogP contribution in [0.5, 0.6) is 5.75 Å². The lowest BCUT2D eigenvalue weighted by atomic mass is 9.97. The van der Waals surface area contributed by atoms with Gasteiger partial charge in [0.2, 0.25) is 0 Å². The zero-order valence-electron chi connectivity index (χ0n) is 10.7. The maximum atomic E-state index is 13.9. The molecule has 0 aliphatic carbocycles. The van der Waals surface area contributed by atoms with E-state index in [1.165, 1.54) is 25.3 Å². The number of methoxy groups -OCH3 is 1. The van der Waals surface area contributed by atoms with Gasteiger partial charge in [-0.1, -0.05) is 23.7 Å². The molecule has 3 N–H and O–H groups in total. The number of hydrogen-bond donors (Lipinski definition) is 2. The lowest BCUT2D eigenvalue weighted by Gasteiger charge is -2.20. The first-order chi connectivity index (χ1) is 9.58. The Morgan fingerprint density at radius 2 is 1.85 bits per heavy atom. The smallest absolute Gasteiger partial charge is 0.131 e. The van der Waals surface area contributed by atoms with Gasteiger partial charge in [-0.2, -0.15) is 0 Å². The summed E-state index contributed by atoms with van der Waals surface area (Å²) >= 11 is 5.87. The predicted molar refractivity (Wildman–Crippen MR) is 73.5 cm³/mol. The second-order valence-electron chi connectivity index (χ2n) is 4.12. The van der Waals surface area contributed by atoms with Crippen molar-refractivity contribution < 1.29 is 13.5 Å². The summed E-state index contributed by atoms with van der Waals surface area (Å²) in [4.78, 5) is 0. The molecular weight excluding hydrogens is 286 g/mol. The van der Waals surface area contributed by atoms with Crippen LogP contribution in [0.3, 0.4) is 0 Å². The highest BCUT2D eigenvalue weighted by Gasteiger charge is 2.23. The summed E-state index contributed by atoms with van der Waals surface area (Å²) < 4.78 is 33.0. The Hall–Kier alpha value is -1.69. The van der Waals surface area contributed by atoms with Gasteiger partial charge < -0.3 is 4.74 Å². The molecular formula is C14H13ClF2N2O. The molecule has 106 valence electrons. The van der Waals surface area contributed by atoms with Crippen LogP contribution >= 0.6 is 11.6 Å². The van der Waals surface area contributed by atoms with E-state index < -0.39 is 17.7 Å². The van der Waals surface area contributed by atoms with Crippen LogP contribution in [0.4, 0.5) is 8.78 Å². The molecule has 2 aromatic carbocycles. The van der Waals surface area contributed by atoms with Crippen LogP contribution in [0.25, 0.3) is 0 Å². The average Bonchev–Trinajstić information content (AvgIpc) is 2.43. The first-order valence-electron chi connectivity index (χ1n) is 5.82. The Bertz CT molecular complexity index is 602. The van der Waals surface area contributed by atoms with Gasteiger partial charge in [-0.05, 0) is 24.3 Å². The molecule has 3 nitrogen and oxygen atoms in total. The highest BCUT2D eigenvalue weighted by molar-refractivity contribution is 6.30. The van der Waals surface area contributed by atoms with Gasteiger partial charge in [0.05, 0.1) is 13.2 Å². The van der Waals surface area contributed by atoms with Crippen molar-refractivity contribution in [3.05, 3.63) is 64.2 Å². The van der Waals surface area contributed by atoms with Crippen LogP contribution in [0.15, 0.2) is 36.4 Å². The second-order valence-corrected chi connectivity index (χ2v) is 4.56. The van der Waals surface area contributed by atoms with Gasteiger partial charge in [-0.15, -0.1) is 0 Å². The SMILES string of the molecule is COc1cc(Cl)ccc1C(NN)c1c(F)cccc1F. The summed E-state index contributed by atoms with van der Waals surface area (Å²) in [6.07, 6.45) is 0. The van der Waals surface area contributed by atoms with Crippen molar-refractivity contribution in [1.82, 2.24) is 5.43 Å². The van der Waals surface area contributed by atoms with Crippen molar-refractivity contribution >= 4 is 11.6 Å². The largest absolute Gasteiger partial charge is 0.496 e. The van der Waals surface area contributed by atoms with E-state index in [0.717, 1.165) is 0 Å². The summed E-state index contributed by atoms with van der Waals surface area (Å²) in [7, 11) is 1.44. The highest BCUT2D eigenvalue weighted by Crippen LogP contribution is 2.33. The summed E-state index contributed by atoms with van der Waals surface area (Å²) in [5, 5.41) is 0.454. The molecule has 2 rings (SSSR count). The van der Waals surface area contributed by atoms with Crippen molar-refractivity contribution in [2.45, 2.75) is 6.04 Å². The number of rotatable bonds is 4. The number of nitrogens with one attached hydrogen (secondary N) is 1.